The van der Waals surface area contributed by atoms with Crippen LogP contribution in [0.5, 0.6) is 11.5 Å². The number of fused-ring (bicyclic) bond motifs is 1. The molecule has 2 N–H and O–H groups in total. The van der Waals surface area contributed by atoms with Crippen LogP contribution in [-0.4, -0.2) is 17.0 Å². The van der Waals surface area contributed by atoms with Gasteiger partial charge in [-0.2, -0.15) is 0 Å². The number of carbonyl (C=O) groups excluding carboxylic acids is 2. The summed E-state index contributed by atoms with van der Waals surface area (Å²) >= 11 is 6.74. The van der Waals surface area contributed by atoms with Crippen molar-refractivity contribution in [3.8, 4) is 11.5 Å². The number of phenolic OH excluding ortho intramolecular Hbond substituents is 1. The van der Waals surface area contributed by atoms with Crippen LogP contribution in [0.4, 0.5) is 16.2 Å². The van der Waals surface area contributed by atoms with E-state index in [4.69, 9.17) is 16.3 Å². The van der Waals surface area contributed by atoms with Gasteiger partial charge in [-0.25, -0.2) is 9.90 Å². The molecule has 1 amide bonds. The maximum absolute atomic E-state index is 13.6. The van der Waals surface area contributed by atoms with Crippen LogP contribution in [0.15, 0.2) is 78.0 Å². The lowest BCUT2D eigenvalue weighted by molar-refractivity contribution is -0.118. The van der Waals surface area contributed by atoms with E-state index < -0.39 is 12.1 Å². The maximum atomic E-state index is 13.6. The number of allylic oxidation sites excluding steroid dienone is 1. The van der Waals surface area contributed by atoms with Gasteiger partial charge >= 0.3 is 6.09 Å². The van der Waals surface area contributed by atoms with Crippen molar-refractivity contribution in [2.45, 2.75) is 39.3 Å². The fourth-order valence-electron chi connectivity index (χ4n) is 5.10. The number of nitrogens with one attached hydrogen (secondary N) is 1. The Kier molecular flexibility index (Phi) is 6.33. The Labute approximate surface area is 219 Å². The molecule has 2 aliphatic rings. The first-order valence-electron chi connectivity index (χ1n) is 12.0. The smallest absolute Gasteiger partial charge is 0.458 e. The van der Waals surface area contributed by atoms with E-state index in [1.807, 2.05) is 44.2 Å². The van der Waals surface area contributed by atoms with Crippen LogP contribution in [0.3, 0.4) is 0 Å². The number of anilines is 2. The highest BCUT2D eigenvalue weighted by Gasteiger charge is 2.44. The summed E-state index contributed by atoms with van der Waals surface area (Å²) < 4.78 is 5.89. The lowest BCUT2D eigenvalue weighted by Gasteiger charge is -2.36. The van der Waals surface area contributed by atoms with Gasteiger partial charge in [0.1, 0.15) is 23.8 Å². The minimum atomic E-state index is -1.52. The second kappa shape index (κ2) is 9.48. The van der Waals surface area contributed by atoms with Crippen LogP contribution in [0.1, 0.15) is 43.9 Å². The van der Waals surface area contributed by atoms with Gasteiger partial charge in [-0.1, -0.05) is 67.9 Å². The molecule has 37 heavy (non-hydrogen) atoms. The zero-order chi connectivity index (χ0) is 26.3. The summed E-state index contributed by atoms with van der Waals surface area (Å²) in [5.41, 5.74) is 2.26. The van der Waals surface area contributed by atoms with Gasteiger partial charge in [-0.3, -0.25) is 9.69 Å². The van der Waals surface area contributed by atoms with Gasteiger partial charge in [-0.15, -0.1) is 0 Å². The Morgan fingerprint density at radius 3 is 2.57 bits per heavy atom. The third-order valence-electron chi connectivity index (χ3n) is 6.72. The molecule has 189 valence electrons. The molecule has 1 heterocycles. The Bertz CT molecular complexity index is 1420. The summed E-state index contributed by atoms with van der Waals surface area (Å²) in [6.07, 6.45) is -0.802. The van der Waals surface area contributed by atoms with Gasteiger partial charge in [0, 0.05) is 22.7 Å². The molecule has 0 fully saturated rings. The highest BCUT2D eigenvalue weighted by Crippen LogP contribution is 2.51. The summed E-state index contributed by atoms with van der Waals surface area (Å²) in [5, 5.41) is 26.7. The quantitative estimate of drug-likeness (QED) is 0.371. The van der Waals surface area contributed by atoms with Crippen molar-refractivity contribution in [1.82, 2.24) is 0 Å². The number of ether oxygens (including phenoxy) is 1. The summed E-state index contributed by atoms with van der Waals surface area (Å²) in [6, 6.07) is 18.2. The zero-order valence-corrected chi connectivity index (χ0v) is 21.2. The van der Waals surface area contributed by atoms with Gasteiger partial charge in [0.2, 0.25) is 0 Å². The van der Waals surface area contributed by atoms with Crippen molar-refractivity contribution in [3.05, 3.63) is 94.1 Å². The lowest BCUT2D eigenvalue weighted by atomic mass is 9.73. The van der Waals surface area contributed by atoms with E-state index in [0.29, 0.717) is 35.6 Å². The van der Waals surface area contributed by atoms with Gasteiger partial charge in [0.15, 0.2) is 5.78 Å². The fourth-order valence-corrected chi connectivity index (χ4v) is 5.37. The van der Waals surface area contributed by atoms with Gasteiger partial charge in [0.05, 0.1) is 11.7 Å². The number of hydrogen-bond acceptors (Lipinski definition) is 5. The summed E-state index contributed by atoms with van der Waals surface area (Å²) in [6.45, 7) is 4.29. The van der Waals surface area contributed by atoms with E-state index in [0.717, 1.165) is 10.5 Å². The molecule has 1 radical (unpaired) electrons. The van der Waals surface area contributed by atoms with Gasteiger partial charge in [0.25, 0.3) is 0 Å². The van der Waals surface area contributed by atoms with Crippen LogP contribution in [0, 0.1) is 5.41 Å². The molecule has 0 spiro atoms. The third-order valence-corrected chi connectivity index (χ3v) is 7.05. The van der Waals surface area contributed by atoms with Gasteiger partial charge in [-0.05, 0) is 47.2 Å². The standard InChI is InChI=1S/C29H26ClN2O5/c1-29(2)14-21-25(24(34)15-29)27(32(28(35)36)22-9-6-10-23(33)26(22)31-21)19-12-11-18(13-20(19)30)37-16-17-7-4-3-5-8-17/h3-13,27,31,33H,14-16H2,1-2H3. The second-order valence-electron chi connectivity index (χ2n) is 10.1. The average molecular weight is 518 g/mol. The minimum Gasteiger partial charge on any atom is -0.506 e. The predicted octanol–water partition coefficient (Wildman–Crippen LogP) is 6.79. The highest BCUT2D eigenvalue weighted by molar-refractivity contribution is 6.31. The largest absolute Gasteiger partial charge is 0.506 e. The normalized spacial score (nSPS) is 18.4. The number of hydrogen-bond donors (Lipinski definition) is 2. The number of ketones is 1. The molecular formula is C29H26ClN2O5. The Hall–Kier alpha value is -3.97. The molecule has 1 unspecified atom stereocenters. The molecule has 1 atom stereocenters. The first-order valence-corrected chi connectivity index (χ1v) is 12.3. The van der Waals surface area contributed by atoms with E-state index in [2.05, 4.69) is 5.32 Å². The average Bonchev–Trinajstić information content (AvgIpc) is 2.98. The molecule has 1 aliphatic carbocycles. The van der Waals surface area contributed by atoms with Gasteiger partial charge < -0.3 is 15.2 Å². The monoisotopic (exact) mass is 517 g/mol. The van der Waals surface area contributed by atoms with Crippen molar-refractivity contribution < 1.29 is 24.5 Å². The fraction of sp³-hybridized carbons (Fsp3) is 0.241. The van der Waals surface area contributed by atoms with E-state index >= 15 is 0 Å². The van der Waals surface area contributed by atoms with Crippen LogP contribution in [0.2, 0.25) is 5.02 Å². The molecule has 0 bridgehead atoms. The number of amides is 1. The van der Waals surface area contributed by atoms with Crippen molar-refractivity contribution in [3.63, 3.8) is 0 Å². The SMILES string of the molecule is CC1(C)CC(=O)C2=C(C1)Nc1c(O)cccc1N(C([O])=O)C2c1ccc(OCc2ccccc2)cc1Cl. The van der Waals surface area contributed by atoms with Crippen molar-refractivity contribution in [2.24, 2.45) is 5.41 Å². The number of benzene rings is 3. The molecule has 0 aromatic heterocycles. The Balaban J connectivity index is 1.63. The molecule has 5 rings (SSSR count). The minimum absolute atomic E-state index is 0.136. The summed E-state index contributed by atoms with van der Waals surface area (Å²) in [7, 11) is 0. The van der Waals surface area contributed by atoms with E-state index in [9.17, 15) is 19.8 Å². The number of para-hydroxylation sites is 1. The van der Waals surface area contributed by atoms with Crippen LogP contribution in [0.25, 0.3) is 0 Å². The van der Waals surface area contributed by atoms with Crippen molar-refractivity contribution >= 4 is 34.9 Å². The first-order chi connectivity index (χ1) is 17.6. The predicted molar refractivity (Wildman–Crippen MR) is 140 cm³/mol. The number of nitrogens with zero attached hydrogens (tertiary/aromatic N) is 1. The van der Waals surface area contributed by atoms with Crippen LogP contribution < -0.4 is 15.0 Å². The van der Waals surface area contributed by atoms with Crippen molar-refractivity contribution in [2.75, 3.05) is 10.2 Å². The van der Waals surface area contributed by atoms with Crippen LogP contribution in [-0.2, 0) is 16.5 Å². The highest BCUT2D eigenvalue weighted by atomic mass is 35.5. The molecule has 3 aromatic carbocycles. The molecule has 8 heteroatoms. The van der Waals surface area contributed by atoms with Crippen LogP contribution >= 0.6 is 11.6 Å². The topological polar surface area (TPSA) is 98.8 Å². The lowest BCUT2D eigenvalue weighted by Crippen LogP contribution is -2.38. The second-order valence-corrected chi connectivity index (χ2v) is 10.5. The Morgan fingerprint density at radius 2 is 1.86 bits per heavy atom. The first kappa shape index (κ1) is 24.7. The third kappa shape index (κ3) is 4.74. The molecular weight excluding hydrogens is 492 g/mol. The van der Waals surface area contributed by atoms with E-state index in [1.165, 1.54) is 6.07 Å². The number of Topliss-reactive ketones (excluding diaryl/α,β-unsaturated/α-hetero) is 1. The molecule has 1 aliphatic heterocycles. The molecule has 3 aromatic rings. The Morgan fingerprint density at radius 1 is 1.11 bits per heavy atom. The summed E-state index contributed by atoms with van der Waals surface area (Å²) in [5.74, 6) is 0.179. The summed E-state index contributed by atoms with van der Waals surface area (Å²) in [4.78, 5) is 27.2. The van der Waals surface area contributed by atoms with Crippen molar-refractivity contribution in [1.29, 1.82) is 0 Å². The maximum Gasteiger partial charge on any atom is 0.458 e. The zero-order valence-electron chi connectivity index (χ0n) is 20.5. The number of carbonyl (C=O) groups is 2. The number of rotatable bonds is 4. The van der Waals surface area contributed by atoms with E-state index in [-0.39, 0.29) is 39.8 Å². The van der Waals surface area contributed by atoms with E-state index in [1.54, 1.807) is 30.3 Å². The number of phenols is 1. The molecule has 0 saturated heterocycles. The molecule has 7 nitrogen and oxygen atoms in total. The number of aromatic hydroxyl groups is 1. The number of halogens is 1. The molecule has 0 saturated carbocycles.